The van der Waals surface area contributed by atoms with Crippen LogP contribution in [0.4, 0.5) is 5.69 Å². The second kappa shape index (κ2) is 12.7. The summed E-state index contributed by atoms with van der Waals surface area (Å²) in [5.74, 6) is 0.0925. The van der Waals surface area contributed by atoms with Crippen LogP contribution in [0.25, 0.3) is 23.1 Å². The summed E-state index contributed by atoms with van der Waals surface area (Å²) >= 11 is 9.07. The monoisotopic (exact) mass is 657 g/mol. The largest absolute Gasteiger partial charge is 0.463 e. The number of halogens is 1. The Morgan fingerprint density at radius 2 is 1.89 bits per heavy atom. The van der Waals surface area contributed by atoms with E-state index < -0.39 is 16.9 Å². The van der Waals surface area contributed by atoms with Crippen molar-refractivity contribution in [1.82, 2.24) is 4.57 Å². The molecule has 12 heteroatoms. The van der Waals surface area contributed by atoms with Crippen LogP contribution in [0.15, 0.2) is 110 Å². The Labute approximate surface area is 269 Å². The molecule has 0 N–H and O–H groups in total. The Morgan fingerprint density at radius 1 is 1.13 bits per heavy atom. The van der Waals surface area contributed by atoms with E-state index in [1.807, 2.05) is 60.9 Å². The fraction of sp³-hybridized carbons (Fsp3) is 0.121. The molecular formula is C33H24ClN3O6S2. The van der Waals surface area contributed by atoms with E-state index in [4.69, 9.17) is 25.7 Å². The van der Waals surface area contributed by atoms with Gasteiger partial charge in [-0.25, -0.2) is 9.79 Å². The van der Waals surface area contributed by atoms with E-state index >= 15 is 0 Å². The predicted octanol–water partition coefficient (Wildman–Crippen LogP) is 6.48. The highest BCUT2D eigenvalue weighted by Crippen LogP contribution is 2.36. The number of carbonyl (C=O) groups excluding carboxylic acids is 1. The number of thioether (sulfide) groups is 1. The van der Waals surface area contributed by atoms with Crippen LogP contribution in [0.5, 0.6) is 0 Å². The first kappa shape index (κ1) is 30.3. The third kappa shape index (κ3) is 5.89. The number of rotatable bonds is 8. The average molecular weight is 658 g/mol. The molecule has 3 aromatic carbocycles. The summed E-state index contributed by atoms with van der Waals surface area (Å²) in [6.45, 7) is 1.89. The van der Waals surface area contributed by atoms with Crippen molar-refractivity contribution in [2.75, 3.05) is 12.9 Å². The number of nitro groups is 1. The molecule has 0 amide bonds. The maximum Gasteiger partial charge on any atom is 0.338 e. The highest BCUT2D eigenvalue weighted by molar-refractivity contribution is 7.98. The zero-order valence-electron chi connectivity index (χ0n) is 23.9. The SMILES string of the molecule is CCOC(=O)C1=C(c2ccccc2)N=c2s/c(=C\c3ccc(-c4cc([N+](=O)[O-])ccc4Cl)o3)c(=O)n2[C@@H]1c1ccc(SC)cc1. The molecule has 1 aliphatic rings. The van der Waals surface area contributed by atoms with E-state index in [1.165, 1.54) is 34.1 Å². The molecule has 0 saturated heterocycles. The third-order valence-electron chi connectivity index (χ3n) is 7.13. The first-order valence-corrected chi connectivity index (χ1v) is 16.2. The minimum atomic E-state index is -0.801. The molecule has 0 fully saturated rings. The molecule has 0 unspecified atom stereocenters. The number of nitrogens with zero attached hydrogens (tertiary/aromatic N) is 3. The van der Waals surface area contributed by atoms with Gasteiger partial charge in [-0.3, -0.25) is 19.5 Å². The number of benzene rings is 3. The van der Waals surface area contributed by atoms with Gasteiger partial charge in [0.1, 0.15) is 11.5 Å². The van der Waals surface area contributed by atoms with Gasteiger partial charge in [0.25, 0.3) is 11.2 Å². The van der Waals surface area contributed by atoms with Crippen molar-refractivity contribution in [3.63, 3.8) is 0 Å². The molecule has 3 heterocycles. The highest BCUT2D eigenvalue weighted by Gasteiger charge is 2.35. The van der Waals surface area contributed by atoms with Crippen LogP contribution in [0.2, 0.25) is 5.02 Å². The minimum absolute atomic E-state index is 0.127. The molecule has 9 nitrogen and oxygen atoms in total. The molecule has 2 aromatic heterocycles. The van der Waals surface area contributed by atoms with Gasteiger partial charge in [-0.05, 0) is 49.1 Å². The van der Waals surface area contributed by atoms with Crippen LogP contribution in [-0.2, 0) is 9.53 Å². The fourth-order valence-electron chi connectivity index (χ4n) is 5.06. The van der Waals surface area contributed by atoms with Crippen LogP contribution in [-0.4, -0.2) is 28.3 Å². The molecule has 226 valence electrons. The van der Waals surface area contributed by atoms with Crippen molar-refractivity contribution in [1.29, 1.82) is 0 Å². The predicted molar refractivity (Wildman–Crippen MR) is 175 cm³/mol. The van der Waals surface area contributed by atoms with Crippen molar-refractivity contribution in [2.24, 2.45) is 4.99 Å². The van der Waals surface area contributed by atoms with Crippen molar-refractivity contribution < 1.29 is 18.9 Å². The number of aromatic nitrogens is 1. The van der Waals surface area contributed by atoms with E-state index in [0.717, 1.165) is 10.5 Å². The summed E-state index contributed by atoms with van der Waals surface area (Å²) < 4.78 is 13.3. The average Bonchev–Trinajstić information content (AvgIpc) is 3.64. The maximum absolute atomic E-state index is 14.1. The molecule has 1 atom stereocenters. The van der Waals surface area contributed by atoms with Crippen LogP contribution >= 0.6 is 34.7 Å². The number of hydrogen-bond donors (Lipinski definition) is 0. The standard InChI is InChI=1S/C33H24ClN3O6S2/c1-3-42-32(39)28-29(19-7-5-4-6-8-19)35-33-36(30(28)20-9-13-23(44-2)14-10-20)31(38)27(45-33)18-22-12-16-26(43-22)24-17-21(37(40)41)11-15-25(24)34/h4-18,30H,3H2,1-2H3/b27-18-/t30-/m1/s1. The van der Waals surface area contributed by atoms with Gasteiger partial charge in [0.2, 0.25) is 0 Å². The number of hydrogen-bond acceptors (Lipinski definition) is 9. The lowest BCUT2D eigenvalue weighted by Crippen LogP contribution is -2.40. The van der Waals surface area contributed by atoms with Gasteiger partial charge in [0.05, 0.1) is 38.4 Å². The van der Waals surface area contributed by atoms with Crippen LogP contribution in [0.1, 0.15) is 29.9 Å². The lowest BCUT2D eigenvalue weighted by molar-refractivity contribution is -0.384. The van der Waals surface area contributed by atoms with Gasteiger partial charge < -0.3 is 9.15 Å². The molecule has 0 bridgehead atoms. The summed E-state index contributed by atoms with van der Waals surface area (Å²) in [6, 6.07) is 23.6. The van der Waals surface area contributed by atoms with E-state index in [1.54, 1.807) is 36.9 Å². The van der Waals surface area contributed by atoms with Gasteiger partial charge >= 0.3 is 5.97 Å². The fourth-order valence-corrected chi connectivity index (χ4v) is 6.66. The number of non-ortho nitro benzene ring substituents is 1. The summed E-state index contributed by atoms with van der Waals surface area (Å²) in [6.07, 6.45) is 3.56. The first-order valence-electron chi connectivity index (χ1n) is 13.8. The normalized spacial score (nSPS) is 14.6. The van der Waals surface area contributed by atoms with Crippen molar-refractivity contribution in [3.05, 3.63) is 142 Å². The van der Waals surface area contributed by atoms with Crippen LogP contribution in [0, 0.1) is 10.1 Å². The quantitative estimate of drug-likeness (QED) is 0.0812. The van der Waals surface area contributed by atoms with E-state index in [2.05, 4.69) is 0 Å². The van der Waals surface area contributed by atoms with E-state index in [-0.39, 0.29) is 28.4 Å². The molecule has 45 heavy (non-hydrogen) atoms. The lowest BCUT2D eigenvalue weighted by atomic mass is 9.93. The van der Waals surface area contributed by atoms with Gasteiger partial charge in [-0.15, -0.1) is 11.8 Å². The summed E-state index contributed by atoms with van der Waals surface area (Å²) in [7, 11) is 0. The van der Waals surface area contributed by atoms with E-state index in [0.29, 0.717) is 37.7 Å². The Bertz CT molecular complexity index is 2150. The maximum atomic E-state index is 14.1. The second-order valence-electron chi connectivity index (χ2n) is 9.83. The molecule has 0 radical (unpaired) electrons. The smallest absolute Gasteiger partial charge is 0.338 e. The zero-order valence-corrected chi connectivity index (χ0v) is 26.3. The van der Waals surface area contributed by atoms with Crippen LogP contribution in [0.3, 0.4) is 0 Å². The number of carbonyl (C=O) groups is 1. The van der Waals surface area contributed by atoms with Crippen molar-refractivity contribution in [2.45, 2.75) is 17.9 Å². The number of fused-ring (bicyclic) bond motifs is 1. The molecular weight excluding hydrogens is 634 g/mol. The van der Waals surface area contributed by atoms with Crippen molar-refractivity contribution >= 4 is 58.1 Å². The molecule has 0 saturated carbocycles. The molecule has 0 spiro atoms. The summed E-state index contributed by atoms with van der Waals surface area (Å²) in [5.41, 5.74) is 2.00. The molecule has 0 aliphatic carbocycles. The minimum Gasteiger partial charge on any atom is -0.463 e. The molecule has 1 aliphatic heterocycles. The number of esters is 1. The number of thiazole rings is 1. The molecule has 5 aromatic rings. The zero-order chi connectivity index (χ0) is 31.7. The van der Waals surface area contributed by atoms with Gasteiger partial charge in [0, 0.05) is 34.2 Å². The van der Waals surface area contributed by atoms with Crippen LogP contribution < -0.4 is 14.9 Å². The topological polar surface area (TPSA) is 117 Å². The van der Waals surface area contributed by atoms with Gasteiger partial charge in [-0.2, -0.15) is 0 Å². The lowest BCUT2D eigenvalue weighted by Gasteiger charge is -2.26. The Hall–Kier alpha value is -4.71. The highest BCUT2D eigenvalue weighted by atomic mass is 35.5. The number of ether oxygens (including phenoxy) is 1. The Kier molecular flexibility index (Phi) is 8.57. The number of nitro benzene ring substituents is 1. The summed E-state index contributed by atoms with van der Waals surface area (Å²) in [4.78, 5) is 44.8. The molecule has 6 rings (SSSR count). The Morgan fingerprint density at radius 3 is 2.58 bits per heavy atom. The van der Waals surface area contributed by atoms with E-state index in [9.17, 15) is 19.7 Å². The second-order valence-corrected chi connectivity index (χ2v) is 12.1. The number of furan rings is 1. The van der Waals surface area contributed by atoms with Gasteiger partial charge in [-0.1, -0.05) is 65.4 Å². The third-order valence-corrected chi connectivity index (χ3v) is 9.19. The first-order chi connectivity index (χ1) is 21.8. The van der Waals surface area contributed by atoms with Gasteiger partial charge in [0.15, 0.2) is 4.80 Å². The Balaban J connectivity index is 1.54. The van der Waals surface area contributed by atoms with Crippen molar-refractivity contribution in [3.8, 4) is 11.3 Å². The summed E-state index contributed by atoms with van der Waals surface area (Å²) in [5, 5.41) is 11.6.